The summed E-state index contributed by atoms with van der Waals surface area (Å²) in [5.41, 5.74) is 2.96. The number of ether oxygens (including phenoxy) is 1. The van der Waals surface area contributed by atoms with Gasteiger partial charge in [-0.3, -0.25) is 5.32 Å². The predicted molar refractivity (Wildman–Crippen MR) is 91.1 cm³/mol. The lowest BCUT2D eigenvalue weighted by atomic mass is 9.95. The van der Waals surface area contributed by atoms with Gasteiger partial charge >= 0.3 is 6.09 Å². The first-order chi connectivity index (χ1) is 10.7. The van der Waals surface area contributed by atoms with Gasteiger partial charge in [-0.25, -0.2) is 4.79 Å². The lowest BCUT2D eigenvalue weighted by Gasteiger charge is -2.14. The van der Waals surface area contributed by atoms with Crippen LogP contribution in [0.5, 0.6) is 0 Å². The zero-order valence-electron chi connectivity index (χ0n) is 12.1. The zero-order chi connectivity index (χ0) is 15.5. The van der Waals surface area contributed by atoms with Gasteiger partial charge in [0.25, 0.3) is 0 Å². The van der Waals surface area contributed by atoms with Gasteiger partial charge in [-0.1, -0.05) is 36.9 Å². The van der Waals surface area contributed by atoms with Gasteiger partial charge in [0.15, 0.2) is 0 Å². The van der Waals surface area contributed by atoms with Crippen molar-refractivity contribution in [3.63, 3.8) is 0 Å². The van der Waals surface area contributed by atoms with Crippen LogP contribution in [0.1, 0.15) is 11.5 Å². The van der Waals surface area contributed by atoms with Gasteiger partial charge in [-0.05, 0) is 17.0 Å². The van der Waals surface area contributed by atoms with Crippen molar-refractivity contribution in [2.45, 2.75) is 5.92 Å². The molecule has 22 heavy (non-hydrogen) atoms. The fraction of sp³-hybridized carbons (Fsp3) is 0.235. The Morgan fingerprint density at radius 3 is 2.95 bits per heavy atom. The van der Waals surface area contributed by atoms with E-state index in [4.69, 9.17) is 16.3 Å². The molecule has 3 rings (SSSR count). The van der Waals surface area contributed by atoms with Crippen LogP contribution in [0.25, 0.3) is 10.8 Å². The third-order valence-corrected chi connectivity index (χ3v) is 4.16. The molecular weight excluding hydrogens is 300 g/mol. The molecule has 5 heteroatoms. The van der Waals surface area contributed by atoms with Gasteiger partial charge in [-0.2, -0.15) is 0 Å². The molecule has 2 N–H and O–H groups in total. The number of halogens is 1. The van der Waals surface area contributed by atoms with E-state index in [1.54, 1.807) is 0 Å². The van der Waals surface area contributed by atoms with Gasteiger partial charge in [-0.15, -0.1) is 11.6 Å². The fourth-order valence-electron chi connectivity index (χ4n) is 2.83. The van der Waals surface area contributed by atoms with Crippen LogP contribution in [0, 0.1) is 0 Å². The number of anilines is 2. The Hall–Kier alpha value is -2.20. The van der Waals surface area contributed by atoms with E-state index in [2.05, 4.69) is 23.3 Å². The van der Waals surface area contributed by atoms with Crippen LogP contribution in [-0.4, -0.2) is 25.1 Å². The Balaban J connectivity index is 2.04. The largest absolute Gasteiger partial charge is 0.445 e. The minimum Gasteiger partial charge on any atom is -0.445 e. The average molecular weight is 317 g/mol. The van der Waals surface area contributed by atoms with Crippen LogP contribution in [0.3, 0.4) is 0 Å². The van der Waals surface area contributed by atoms with E-state index in [9.17, 15) is 4.79 Å². The average Bonchev–Trinajstić information content (AvgIpc) is 2.96. The second-order valence-electron chi connectivity index (χ2n) is 5.18. The molecule has 0 radical (unpaired) electrons. The molecule has 0 saturated carbocycles. The van der Waals surface area contributed by atoms with Crippen molar-refractivity contribution >= 4 is 39.8 Å². The number of benzene rings is 2. The number of nitrogens with one attached hydrogen (secondary N) is 2. The Bertz CT molecular complexity index is 730. The molecule has 0 fully saturated rings. The minimum atomic E-state index is -0.489. The van der Waals surface area contributed by atoms with Gasteiger partial charge in [0, 0.05) is 29.4 Å². The Labute approximate surface area is 134 Å². The summed E-state index contributed by atoms with van der Waals surface area (Å²) in [6.45, 7) is 4.52. The van der Waals surface area contributed by atoms with E-state index in [1.807, 2.05) is 24.3 Å². The third-order valence-electron chi connectivity index (χ3n) is 3.79. The number of carbonyl (C=O) groups is 1. The van der Waals surface area contributed by atoms with Crippen molar-refractivity contribution in [3.05, 3.63) is 48.6 Å². The van der Waals surface area contributed by atoms with Crippen molar-refractivity contribution in [2.75, 3.05) is 29.7 Å². The maximum atomic E-state index is 11.8. The number of hydrogen-bond acceptors (Lipinski definition) is 3. The molecule has 1 unspecified atom stereocenters. The summed E-state index contributed by atoms with van der Waals surface area (Å²) in [5.74, 6) is 0.848. The van der Waals surface area contributed by atoms with Gasteiger partial charge in [0.2, 0.25) is 0 Å². The number of carbonyl (C=O) groups excluding carboxylic acids is 1. The summed E-state index contributed by atoms with van der Waals surface area (Å²) in [4.78, 5) is 11.8. The summed E-state index contributed by atoms with van der Waals surface area (Å²) < 4.78 is 5.00. The highest BCUT2D eigenvalue weighted by molar-refractivity contribution is 6.19. The Morgan fingerprint density at radius 2 is 2.23 bits per heavy atom. The molecule has 1 aliphatic rings. The molecule has 2 aromatic rings. The van der Waals surface area contributed by atoms with Crippen molar-refractivity contribution in [3.8, 4) is 0 Å². The quantitative estimate of drug-likeness (QED) is 0.652. The van der Waals surface area contributed by atoms with Crippen molar-refractivity contribution in [1.29, 1.82) is 0 Å². The topological polar surface area (TPSA) is 50.4 Å². The number of fused-ring (bicyclic) bond motifs is 3. The summed E-state index contributed by atoms with van der Waals surface area (Å²) in [6.07, 6.45) is 1.05. The van der Waals surface area contributed by atoms with E-state index in [1.165, 1.54) is 11.6 Å². The minimum absolute atomic E-state index is 0.182. The highest BCUT2D eigenvalue weighted by Gasteiger charge is 2.25. The summed E-state index contributed by atoms with van der Waals surface area (Å²) in [7, 11) is 0. The van der Waals surface area contributed by atoms with E-state index in [0.29, 0.717) is 5.88 Å². The fourth-order valence-corrected chi connectivity index (χ4v) is 3.10. The van der Waals surface area contributed by atoms with Crippen LogP contribution < -0.4 is 10.6 Å². The molecular formula is C17H17ClN2O2. The smallest absolute Gasteiger partial charge is 0.411 e. The Kier molecular flexibility index (Phi) is 4.20. The molecule has 0 aliphatic carbocycles. The van der Waals surface area contributed by atoms with Gasteiger partial charge in [0.1, 0.15) is 6.61 Å². The summed E-state index contributed by atoms with van der Waals surface area (Å²) in [6, 6.07) is 9.93. The van der Waals surface area contributed by atoms with E-state index < -0.39 is 6.09 Å². The van der Waals surface area contributed by atoms with Crippen LogP contribution >= 0.6 is 11.6 Å². The van der Waals surface area contributed by atoms with Crippen molar-refractivity contribution < 1.29 is 9.53 Å². The van der Waals surface area contributed by atoms with Gasteiger partial charge < -0.3 is 10.1 Å². The number of rotatable bonds is 4. The first-order valence-corrected chi connectivity index (χ1v) is 7.68. The standard InChI is InChI=1S/C17H17ClN2O2/c1-2-7-22-17(21)20-14-8-15-16(11(9-18)10-19-15)13-6-4-3-5-12(13)14/h2-6,8,11,19H,1,7,9-10H2,(H,20,21). The molecule has 2 aromatic carbocycles. The van der Waals surface area contributed by atoms with Crippen LogP contribution in [0.4, 0.5) is 16.2 Å². The second kappa shape index (κ2) is 6.28. The lowest BCUT2D eigenvalue weighted by Crippen LogP contribution is -2.14. The number of hydrogen-bond donors (Lipinski definition) is 2. The molecule has 1 aliphatic heterocycles. The molecule has 1 atom stereocenters. The second-order valence-corrected chi connectivity index (χ2v) is 5.48. The maximum Gasteiger partial charge on any atom is 0.411 e. The molecule has 0 aromatic heterocycles. The third kappa shape index (κ3) is 2.62. The molecule has 0 bridgehead atoms. The van der Waals surface area contributed by atoms with Crippen LogP contribution in [-0.2, 0) is 4.74 Å². The predicted octanol–water partition coefficient (Wildman–Crippen LogP) is 4.32. The molecule has 4 nitrogen and oxygen atoms in total. The number of alkyl halides is 1. The van der Waals surface area contributed by atoms with E-state index in [0.717, 1.165) is 28.7 Å². The van der Waals surface area contributed by atoms with Crippen LogP contribution in [0.15, 0.2) is 43.0 Å². The molecule has 0 spiro atoms. The van der Waals surface area contributed by atoms with E-state index in [-0.39, 0.29) is 12.5 Å². The molecule has 0 saturated heterocycles. The first kappa shape index (κ1) is 14.7. The van der Waals surface area contributed by atoms with E-state index >= 15 is 0 Å². The molecule has 1 heterocycles. The highest BCUT2D eigenvalue weighted by atomic mass is 35.5. The van der Waals surface area contributed by atoms with Crippen molar-refractivity contribution in [2.24, 2.45) is 0 Å². The molecule has 114 valence electrons. The zero-order valence-corrected chi connectivity index (χ0v) is 12.8. The monoisotopic (exact) mass is 316 g/mol. The van der Waals surface area contributed by atoms with Crippen molar-refractivity contribution in [1.82, 2.24) is 0 Å². The lowest BCUT2D eigenvalue weighted by molar-refractivity contribution is 0.174. The normalized spacial score (nSPS) is 16.0. The first-order valence-electron chi connectivity index (χ1n) is 7.14. The Morgan fingerprint density at radius 1 is 1.45 bits per heavy atom. The maximum absolute atomic E-state index is 11.8. The van der Waals surface area contributed by atoms with Gasteiger partial charge in [0.05, 0.1) is 5.69 Å². The summed E-state index contributed by atoms with van der Waals surface area (Å²) in [5, 5.41) is 8.25. The SMILES string of the molecule is C=CCOC(=O)Nc1cc2c(c3ccccc13)C(CCl)CN2. The summed E-state index contributed by atoms with van der Waals surface area (Å²) >= 11 is 6.08. The molecule has 1 amide bonds. The highest BCUT2D eigenvalue weighted by Crippen LogP contribution is 2.41. The number of amides is 1. The van der Waals surface area contributed by atoms with Crippen LogP contribution in [0.2, 0.25) is 0 Å².